The molecular formula is C9H7N3O5S2. The van der Waals surface area contributed by atoms with E-state index < -0.39 is 21.6 Å². The Kier molecular flexibility index (Phi) is 3.36. The van der Waals surface area contributed by atoms with Crippen molar-refractivity contribution in [1.82, 2.24) is 10.2 Å². The fourth-order valence-electron chi connectivity index (χ4n) is 1.17. The Balaban J connectivity index is 2.29. The van der Waals surface area contributed by atoms with Crippen LogP contribution in [0.1, 0.15) is 9.67 Å². The number of H-pyrrole nitrogens is 1. The van der Waals surface area contributed by atoms with E-state index in [0.717, 1.165) is 6.07 Å². The lowest BCUT2D eigenvalue weighted by molar-refractivity contribution is 0.0702. The standard InChI is InChI=1S/C9H7N3O5S2/c13-7-3-2-6(10-11-7)12-19(16,17)8-4-1-5(18-8)9(14)15/h1-4H,(H,10,12)(H,11,13)(H,14,15). The molecule has 0 aliphatic rings. The normalized spacial score (nSPS) is 11.2. The predicted octanol–water partition coefficient (Wildman–Crippen LogP) is 0.330. The molecule has 2 aromatic heterocycles. The molecule has 0 aliphatic carbocycles. The maximum atomic E-state index is 11.9. The van der Waals surface area contributed by atoms with Gasteiger partial charge < -0.3 is 5.11 Å². The van der Waals surface area contributed by atoms with Gasteiger partial charge >= 0.3 is 5.97 Å². The lowest BCUT2D eigenvalue weighted by Gasteiger charge is -2.03. The molecule has 0 aromatic carbocycles. The van der Waals surface area contributed by atoms with Gasteiger partial charge in [0.2, 0.25) is 0 Å². The number of aromatic carboxylic acids is 1. The molecule has 0 unspecified atom stereocenters. The molecule has 2 aromatic rings. The molecule has 0 saturated carbocycles. The third-order valence-corrected chi connectivity index (χ3v) is 4.89. The summed E-state index contributed by atoms with van der Waals surface area (Å²) >= 11 is 0.621. The number of anilines is 1. The predicted molar refractivity (Wildman–Crippen MR) is 66.9 cm³/mol. The summed E-state index contributed by atoms with van der Waals surface area (Å²) in [5.74, 6) is -1.27. The van der Waals surface area contributed by atoms with Crippen LogP contribution < -0.4 is 10.3 Å². The van der Waals surface area contributed by atoms with Crippen molar-refractivity contribution in [2.75, 3.05) is 4.72 Å². The second-order valence-corrected chi connectivity index (χ2v) is 6.33. The van der Waals surface area contributed by atoms with Crippen LogP contribution in [-0.2, 0) is 10.0 Å². The average Bonchev–Trinajstić information content (AvgIpc) is 2.82. The van der Waals surface area contributed by atoms with E-state index in [9.17, 15) is 18.0 Å². The number of nitrogens with zero attached hydrogens (tertiary/aromatic N) is 1. The molecule has 3 N–H and O–H groups in total. The third kappa shape index (κ3) is 2.98. The molecule has 8 nitrogen and oxygen atoms in total. The molecule has 0 bridgehead atoms. The highest BCUT2D eigenvalue weighted by molar-refractivity contribution is 7.94. The van der Waals surface area contributed by atoms with E-state index in [1.165, 1.54) is 18.2 Å². The molecule has 0 atom stereocenters. The van der Waals surface area contributed by atoms with Crippen molar-refractivity contribution in [2.45, 2.75) is 4.21 Å². The highest BCUT2D eigenvalue weighted by Gasteiger charge is 2.19. The summed E-state index contributed by atoms with van der Waals surface area (Å²) in [6.07, 6.45) is 0. The Labute approximate surface area is 110 Å². The van der Waals surface area contributed by atoms with E-state index in [0.29, 0.717) is 11.3 Å². The van der Waals surface area contributed by atoms with Crippen molar-refractivity contribution < 1.29 is 18.3 Å². The maximum absolute atomic E-state index is 11.9. The van der Waals surface area contributed by atoms with Gasteiger partial charge in [-0.05, 0) is 18.2 Å². The van der Waals surface area contributed by atoms with Crippen LogP contribution in [0, 0.1) is 0 Å². The lowest BCUT2D eigenvalue weighted by atomic mass is 10.5. The number of carbonyl (C=O) groups is 1. The zero-order valence-electron chi connectivity index (χ0n) is 9.15. The van der Waals surface area contributed by atoms with Crippen LogP contribution in [0.2, 0.25) is 0 Å². The van der Waals surface area contributed by atoms with Crippen LogP contribution in [0.15, 0.2) is 33.3 Å². The smallest absolute Gasteiger partial charge is 0.345 e. The molecule has 0 radical (unpaired) electrons. The minimum atomic E-state index is -3.92. The van der Waals surface area contributed by atoms with E-state index in [1.807, 2.05) is 0 Å². The van der Waals surface area contributed by atoms with Crippen molar-refractivity contribution >= 4 is 33.1 Å². The van der Waals surface area contributed by atoms with Gasteiger partial charge in [0.15, 0.2) is 5.82 Å². The summed E-state index contributed by atoms with van der Waals surface area (Å²) in [5, 5.41) is 14.3. The van der Waals surface area contributed by atoms with E-state index in [4.69, 9.17) is 5.11 Å². The first-order chi connectivity index (χ1) is 8.88. The van der Waals surface area contributed by atoms with Crippen molar-refractivity contribution in [1.29, 1.82) is 0 Å². The van der Waals surface area contributed by atoms with Crippen LogP contribution in [0.4, 0.5) is 5.82 Å². The summed E-state index contributed by atoms with van der Waals surface area (Å²) in [7, 11) is -3.92. The highest BCUT2D eigenvalue weighted by Crippen LogP contribution is 2.23. The van der Waals surface area contributed by atoms with Crippen molar-refractivity contribution in [3.8, 4) is 0 Å². The molecule has 2 heterocycles. The molecule has 100 valence electrons. The number of thiophene rings is 1. The zero-order valence-corrected chi connectivity index (χ0v) is 10.8. The first-order valence-electron chi connectivity index (χ1n) is 4.80. The topological polar surface area (TPSA) is 129 Å². The van der Waals surface area contributed by atoms with Gasteiger partial charge in [0, 0.05) is 6.07 Å². The van der Waals surface area contributed by atoms with Crippen LogP contribution in [0.5, 0.6) is 0 Å². The number of hydrogen-bond acceptors (Lipinski definition) is 6. The highest BCUT2D eigenvalue weighted by atomic mass is 32.2. The molecule has 19 heavy (non-hydrogen) atoms. The first kappa shape index (κ1) is 13.2. The van der Waals surface area contributed by atoms with Crippen molar-refractivity contribution in [2.24, 2.45) is 0 Å². The molecule has 10 heteroatoms. The average molecular weight is 301 g/mol. The Morgan fingerprint density at radius 1 is 1.32 bits per heavy atom. The Morgan fingerprint density at radius 2 is 2.05 bits per heavy atom. The van der Waals surface area contributed by atoms with E-state index >= 15 is 0 Å². The van der Waals surface area contributed by atoms with Crippen molar-refractivity contribution in [3.05, 3.63) is 39.5 Å². The molecule has 0 amide bonds. The Morgan fingerprint density at radius 3 is 2.58 bits per heavy atom. The number of nitrogens with one attached hydrogen (secondary N) is 2. The Hall–Kier alpha value is -2.20. The molecule has 0 aliphatic heterocycles. The van der Waals surface area contributed by atoms with Gasteiger partial charge in [-0.3, -0.25) is 9.52 Å². The van der Waals surface area contributed by atoms with E-state index in [2.05, 4.69) is 14.9 Å². The van der Waals surface area contributed by atoms with Gasteiger partial charge in [-0.25, -0.2) is 18.3 Å². The second-order valence-electron chi connectivity index (χ2n) is 3.34. The van der Waals surface area contributed by atoms with E-state index in [1.54, 1.807) is 0 Å². The molecule has 2 rings (SSSR count). The SMILES string of the molecule is O=C(O)c1ccc(S(=O)(=O)Nc2ccc(=O)[nH]n2)s1. The molecule has 0 saturated heterocycles. The number of carboxylic acid groups (broad SMARTS) is 1. The quantitative estimate of drug-likeness (QED) is 0.746. The number of sulfonamides is 1. The van der Waals surface area contributed by atoms with Crippen molar-refractivity contribution in [3.63, 3.8) is 0 Å². The van der Waals surface area contributed by atoms with Crippen LogP contribution >= 0.6 is 11.3 Å². The third-order valence-electron chi connectivity index (χ3n) is 1.98. The first-order valence-corrected chi connectivity index (χ1v) is 7.10. The minimum absolute atomic E-state index is 0.0649. The lowest BCUT2D eigenvalue weighted by Crippen LogP contribution is -2.15. The van der Waals surface area contributed by atoms with Gasteiger partial charge in [-0.2, -0.15) is 5.10 Å². The van der Waals surface area contributed by atoms with Crippen LogP contribution in [0.3, 0.4) is 0 Å². The number of hydrogen-bond donors (Lipinski definition) is 3. The minimum Gasteiger partial charge on any atom is -0.477 e. The zero-order chi connectivity index (χ0) is 14.0. The van der Waals surface area contributed by atoms with Gasteiger partial charge in [0.05, 0.1) is 0 Å². The number of aromatic nitrogens is 2. The van der Waals surface area contributed by atoms with Gasteiger partial charge in [-0.15, -0.1) is 11.3 Å². The summed E-state index contributed by atoms with van der Waals surface area (Å²) in [6, 6.07) is 4.69. The summed E-state index contributed by atoms with van der Waals surface area (Å²) in [4.78, 5) is 21.4. The molecule has 0 fully saturated rings. The molecule has 0 spiro atoms. The summed E-state index contributed by atoms with van der Waals surface area (Å²) in [5.41, 5.74) is -0.466. The fraction of sp³-hybridized carbons (Fsp3) is 0. The number of carboxylic acids is 1. The summed E-state index contributed by atoms with van der Waals surface area (Å²) < 4.78 is 25.8. The van der Waals surface area contributed by atoms with Crippen LogP contribution in [0.25, 0.3) is 0 Å². The van der Waals surface area contributed by atoms with Gasteiger partial charge in [0.25, 0.3) is 15.6 Å². The second kappa shape index (κ2) is 4.82. The monoisotopic (exact) mass is 301 g/mol. The van der Waals surface area contributed by atoms with Gasteiger partial charge in [0.1, 0.15) is 9.09 Å². The summed E-state index contributed by atoms with van der Waals surface area (Å²) in [6.45, 7) is 0. The van der Waals surface area contributed by atoms with Gasteiger partial charge in [-0.1, -0.05) is 0 Å². The maximum Gasteiger partial charge on any atom is 0.345 e. The fourth-order valence-corrected chi connectivity index (χ4v) is 3.31. The van der Waals surface area contributed by atoms with Crippen LogP contribution in [-0.4, -0.2) is 29.7 Å². The van der Waals surface area contributed by atoms with E-state index in [-0.39, 0.29) is 14.9 Å². The molecular weight excluding hydrogens is 294 g/mol. The number of rotatable bonds is 4. The number of aromatic amines is 1. The largest absolute Gasteiger partial charge is 0.477 e. The Bertz CT molecular complexity index is 757.